The molecular weight excluding hydrogens is 399 g/mol. The molecule has 2 aromatic carbocycles. The number of carbonyl (C=O) groups is 1. The molecule has 9 nitrogen and oxygen atoms in total. The lowest BCUT2D eigenvalue weighted by molar-refractivity contribution is 0.102. The minimum atomic E-state index is -3.77. The second-order valence-electron chi connectivity index (χ2n) is 5.81. The van der Waals surface area contributed by atoms with Crippen molar-refractivity contribution in [2.75, 3.05) is 11.9 Å². The first kappa shape index (κ1) is 20.1. The number of rotatable bonds is 6. The molecule has 0 aliphatic rings. The van der Waals surface area contributed by atoms with E-state index >= 15 is 0 Å². The fourth-order valence-corrected chi connectivity index (χ4v) is 3.35. The Labute approximate surface area is 166 Å². The SMILES string of the molecule is C#CCNS(=O)(=O)c1ccc(C(=O)Nc2cc(-n3nnnc3C)ccc2F)cc1. The predicted molar refractivity (Wildman–Crippen MR) is 102 cm³/mol. The van der Waals surface area contributed by atoms with Crippen molar-refractivity contribution >= 4 is 21.6 Å². The average molecular weight is 414 g/mol. The maximum absolute atomic E-state index is 14.1. The molecule has 1 amide bonds. The van der Waals surface area contributed by atoms with Crippen LogP contribution in [0, 0.1) is 25.1 Å². The van der Waals surface area contributed by atoms with Crippen LogP contribution in [0.3, 0.4) is 0 Å². The van der Waals surface area contributed by atoms with Crippen LogP contribution in [-0.4, -0.2) is 41.1 Å². The van der Waals surface area contributed by atoms with Gasteiger partial charge in [0.25, 0.3) is 5.91 Å². The van der Waals surface area contributed by atoms with E-state index in [1.54, 1.807) is 6.92 Å². The van der Waals surface area contributed by atoms with Crippen molar-refractivity contribution < 1.29 is 17.6 Å². The van der Waals surface area contributed by atoms with E-state index in [0.717, 1.165) is 0 Å². The summed E-state index contributed by atoms with van der Waals surface area (Å²) in [6.45, 7) is 1.52. The summed E-state index contributed by atoms with van der Waals surface area (Å²) in [4.78, 5) is 12.4. The Bertz CT molecular complexity index is 1200. The number of nitrogens with zero attached hydrogens (tertiary/aromatic N) is 4. The highest BCUT2D eigenvalue weighted by Crippen LogP contribution is 2.20. The average Bonchev–Trinajstić information content (AvgIpc) is 3.14. The van der Waals surface area contributed by atoms with E-state index in [4.69, 9.17) is 6.42 Å². The lowest BCUT2D eigenvalue weighted by Crippen LogP contribution is -2.24. The van der Waals surface area contributed by atoms with Crippen molar-refractivity contribution in [2.24, 2.45) is 0 Å². The molecule has 0 saturated heterocycles. The number of benzene rings is 2. The van der Waals surface area contributed by atoms with Gasteiger partial charge in [0.1, 0.15) is 5.82 Å². The van der Waals surface area contributed by atoms with Gasteiger partial charge >= 0.3 is 0 Å². The highest BCUT2D eigenvalue weighted by molar-refractivity contribution is 7.89. The highest BCUT2D eigenvalue weighted by atomic mass is 32.2. The summed E-state index contributed by atoms with van der Waals surface area (Å²) in [7, 11) is -3.77. The Kier molecular flexibility index (Phi) is 5.67. The number of sulfonamides is 1. The topological polar surface area (TPSA) is 119 Å². The van der Waals surface area contributed by atoms with Crippen LogP contribution in [0.2, 0.25) is 0 Å². The van der Waals surface area contributed by atoms with E-state index in [0.29, 0.717) is 11.5 Å². The predicted octanol–water partition coefficient (Wildman–Crippen LogP) is 1.27. The summed E-state index contributed by atoms with van der Waals surface area (Å²) in [5.41, 5.74) is 0.532. The molecule has 0 radical (unpaired) electrons. The number of terminal acetylenes is 1. The molecule has 2 N–H and O–H groups in total. The molecule has 148 valence electrons. The normalized spacial score (nSPS) is 11.1. The van der Waals surface area contributed by atoms with Gasteiger partial charge in [-0.25, -0.2) is 12.8 Å². The lowest BCUT2D eigenvalue weighted by Gasteiger charge is -2.10. The van der Waals surface area contributed by atoms with Crippen LogP contribution in [-0.2, 0) is 10.0 Å². The van der Waals surface area contributed by atoms with Crippen molar-refractivity contribution in [1.82, 2.24) is 24.9 Å². The quantitative estimate of drug-likeness (QED) is 0.587. The largest absolute Gasteiger partial charge is 0.319 e. The molecule has 3 aromatic rings. The zero-order chi connectivity index (χ0) is 21.0. The monoisotopic (exact) mass is 414 g/mol. The van der Waals surface area contributed by atoms with Crippen LogP contribution in [0.5, 0.6) is 0 Å². The number of halogens is 1. The molecule has 0 saturated carbocycles. The maximum Gasteiger partial charge on any atom is 0.255 e. The maximum atomic E-state index is 14.1. The molecule has 0 aliphatic carbocycles. The Morgan fingerprint density at radius 3 is 2.59 bits per heavy atom. The molecule has 29 heavy (non-hydrogen) atoms. The van der Waals surface area contributed by atoms with Crippen molar-refractivity contribution in [3.63, 3.8) is 0 Å². The first-order valence-corrected chi connectivity index (χ1v) is 9.69. The van der Waals surface area contributed by atoms with Crippen LogP contribution >= 0.6 is 0 Å². The van der Waals surface area contributed by atoms with E-state index in [2.05, 4.69) is 31.5 Å². The van der Waals surface area contributed by atoms with E-state index in [1.165, 1.54) is 47.1 Å². The number of aromatic nitrogens is 4. The van der Waals surface area contributed by atoms with Gasteiger partial charge in [-0.15, -0.1) is 11.5 Å². The molecular formula is C18H15FN6O3S. The summed E-state index contributed by atoms with van der Waals surface area (Å²) in [5.74, 6) is 1.40. The van der Waals surface area contributed by atoms with Crippen LogP contribution in [0.4, 0.5) is 10.1 Å². The molecule has 11 heteroatoms. The number of nitrogens with one attached hydrogen (secondary N) is 2. The Hall–Kier alpha value is -3.62. The summed E-state index contributed by atoms with van der Waals surface area (Å²) >= 11 is 0. The van der Waals surface area contributed by atoms with E-state index in [-0.39, 0.29) is 22.7 Å². The van der Waals surface area contributed by atoms with Crippen LogP contribution in [0.25, 0.3) is 5.69 Å². The molecule has 0 unspecified atom stereocenters. The second kappa shape index (κ2) is 8.17. The van der Waals surface area contributed by atoms with Gasteiger partial charge in [-0.3, -0.25) is 4.79 Å². The van der Waals surface area contributed by atoms with Crippen molar-refractivity contribution in [1.29, 1.82) is 0 Å². The lowest BCUT2D eigenvalue weighted by atomic mass is 10.2. The zero-order valence-corrected chi connectivity index (χ0v) is 15.9. The number of tetrazole rings is 1. The van der Waals surface area contributed by atoms with Gasteiger partial charge in [-0.1, -0.05) is 5.92 Å². The minimum absolute atomic E-state index is 0.0494. The third kappa shape index (κ3) is 4.45. The summed E-state index contributed by atoms with van der Waals surface area (Å²) in [5, 5.41) is 13.5. The molecule has 0 bridgehead atoms. The zero-order valence-electron chi connectivity index (χ0n) is 15.1. The number of hydrogen-bond donors (Lipinski definition) is 2. The smallest absolute Gasteiger partial charge is 0.255 e. The number of aryl methyl sites for hydroxylation is 1. The van der Waals surface area contributed by atoms with Gasteiger partial charge in [0.05, 0.1) is 22.8 Å². The Morgan fingerprint density at radius 2 is 1.97 bits per heavy atom. The molecule has 0 fully saturated rings. The molecule has 0 spiro atoms. The second-order valence-corrected chi connectivity index (χ2v) is 7.58. The van der Waals surface area contributed by atoms with E-state index in [1.807, 2.05) is 0 Å². The standard InChI is InChI=1S/C18H15FN6O3S/c1-3-10-20-29(27,28)15-7-4-13(5-8-15)18(26)21-17-11-14(6-9-16(17)19)25-12(2)22-23-24-25/h1,4-9,11,20H,10H2,2H3,(H,21,26). The Balaban J connectivity index is 1.80. The third-order valence-electron chi connectivity index (χ3n) is 3.86. The van der Waals surface area contributed by atoms with Gasteiger partial charge in [0, 0.05) is 5.56 Å². The van der Waals surface area contributed by atoms with E-state index in [9.17, 15) is 17.6 Å². The third-order valence-corrected chi connectivity index (χ3v) is 5.28. The van der Waals surface area contributed by atoms with Gasteiger partial charge < -0.3 is 5.32 Å². The summed E-state index contributed by atoms with van der Waals surface area (Å²) in [6, 6.07) is 9.17. The molecule has 0 aliphatic heterocycles. The number of amides is 1. The van der Waals surface area contributed by atoms with Gasteiger partial charge in [0.15, 0.2) is 5.82 Å². The van der Waals surface area contributed by atoms with Gasteiger partial charge in [-0.2, -0.15) is 9.40 Å². The van der Waals surface area contributed by atoms with Crippen molar-refractivity contribution in [3.8, 4) is 18.0 Å². The minimum Gasteiger partial charge on any atom is -0.319 e. The van der Waals surface area contributed by atoms with E-state index < -0.39 is 21.7 Å². The fourth-order valence-electron chi connectivity index (χ4n) is 2.41. The number of carbonyl (C=O) groups excluding carboxylic acids is 1. The molecule has 1 heterocycles. The molecule has 3 rings (SSSR count). The number of hydrogen-bond acceptors (Lipinski definition) is 6. The first-order chi connectivity index (χ1) is 13.8. The van der Waals surface area contributed by atoms with Crippen LogP contribution < -0.4 is 10.0 Å². The van der Waals surface area contributed by atoms with Crippen molar-refractivity contribution in [3.05, 3.63) is 59.7 Å². The summed E-state index contributed by atoms with van der Waals surface area (Å²) in [6.07, 6.45) is 5.04. The van der Waals surface area contributed by atoms with Gasteiger partial charge in [0.2, 0.25) is 10.0 Å². The number of anilines is 1. The van der Waals surface area contributed by atoms with Gasteiger partial charge in [-0.05, 0) is 59.8 Å². The van der Waals surface area contributed by atoms with Crippen molar-refractivity contribution in [2.45, 2.75) is 11.8 Å². The highest BCUT2D eigenvalue weighted by Gasteiger charge is 2.16. The fraction of sp³-hybridized carbons (Fsp3) is 0.111. The summed E-state index contributed by atoms with van der Waals surface area (Å²) < 4.78 is 41.8. The molecule has 1 aromatic heterocycles. The first-order valence-electron chi connectivity index (χ1n) is 8.21. The van der Waals surface area contributed by atoms with Crippen LogP contribution in [0.1, 0.15) is 16.2 Å². The molecule has 0 atom stereocenters. The van der Waals surface area contributed by atoms with Crippen LogP contribution in [0.15, 0.2) is 47.4 Å². The Morgan fingerprint density at radius 1 is 1.24 bits per heavy atom.